The molecule has 1 heterocycles. The zero-order chi connectivity index (χ0) is 12.4. The summed E-state index contributed by atoms with van der Waals surface area (Å²) in [5.74, 6) is 1.23. The normalized spacial score (nSPS) is 12.4. The van der Waals surface area contributed by atoms with Crippen LogP contribution in [0.5, 0.6) is 5.75 Å². The number of anilines is 1. The van der Waals surface area contributed by atoms with Gasteiger partial charge in [0.2, 0.25) is 0 Å². The summed E-state index contributed by atoms with van der Waals surface area (Å²) in [5, 5.41) is 13.0. The van der Waals surface area contributed by atoms with Crippen LogP contribution in [0.4, 0.5) is 5.69 Å². The average molecular weight is 231 g/mol. The fourth-order valence-electron chi connectivity index (χ4n) is 1.80. The molecule has 0 aliphatic carbocycles. The van der Waals surface area contributed by atoms with Crippen molar-refractivity contribution in [1.82, 2.24) is 0 Å². The van der Waals surface area contributed by atoms with Crippen LogP contribution in [0, 0.1) is 13.8 Å². The van der Waals surface area contributed by atoms with Crippen molar-refractivity contribution in [3.8, 4) is 5.75 Å². The smallest absolute Gasteiger partial charge is 0.125 e. The predicted octanol–water partition coefficient (Wildman–Crippen LogP) is 3.78. The molecule has 2 rings (SSSR count). The molecule has 3 heteroatoms. The number of phenols is 1. The van der Waals surface area contributed by atoms with Crippen molar-refractivity contribution in [2.24, 2.45) is 0 Å². The van der Waals surface area contributed by atoms with Crippen molar-refractivity contribution in [2.45, 2.75) is 26.8 Å². The Morgan fingerprint density at radius 2 is 2.00 bits per heavy atom. The molecule has 0 fully saturated rings. The van der Waals surface area contributed by atoms with Crippen molar-refractivity contribution in [3.63, 3.8) is 0 Å². The third kappa shape index (κ3) is 2.44. The van der Waals surface area contributed by atoms with Crippen LogP contribution in [0.15, 0.2) is 34.9 Å². The lowest BCUT2D eigenvalue weighted by atomic mass is 10.1. The quantitative estimate of drug-likeness (QED) is 0.790. The van der Waals surface area contributed by atoms with E-state index in [0.29, 0.717) is 5.75 Å². The van der Waals surface area contributed by atoms with E-state index in [2.05, 4.69) is 5.32 Å². The van der Waals surface area contributed by atoms with Gasteiger partial charge in [0, 0.05) is 5.69 Å². The number of nitrogens with one attached hydrogen (secondary N) is 1. The van der Waals surface area contributed by atoms with Gasteiger partial charge in [-0.15, -0.1) is 0 Å². The monoisotopic (exact) mass is 231 g/mol. The van der Waals surface area contributed by atoms with Crippen LogP contribution in [0.3, 0.4) is 0 Å². The number of aryl methyl sites for hydroxylation is 2. The number of furan rings is 1. The molecular formula is C14H17NO2. The van der Waals surface area contributed by atoms with E-state index < -0.39 is 0 Å². The van der Waals surface area contributed by atoms with Gasteiger partial charge in [-0.05, 0) is 56.2 Å². The molecule has 1 unspecified atom stereocenters. The van der Waals surface area contributed by atoms with E-state index in [9.17, 15) is 5.11 Å². The van der Waals surface area contributed by atoms with Gasteiger partial charge in [-0.3, -0.25) is 0 Å². The second-order valence-electron chi connectivity index (χ2n) is 4.34. The van der Waals surface area contributed by atoms with Gasteiger partial charge in [0.05, 0.1) is 12.3 Å². The summed E-state index contributed by atoms with van der Waals surface area (Å²) < 4.78 is 5.35. The Labute approximate surface area is 101 Å². The molecule has 0 saturated heterocycles. The van der Waals surface area contributed by atoms with E-state index in [-0.39, 0.29) is 6.04 Å². The van der Waals surface area contributed by atoms with E-state index in [1.54, 1.807) is 12.3 Å². The minimum Gasteiger partial charge on any atom is -0.508 e. The second-order valence-corrected chi connectivity index (χ2v) is 4.34. The van der Waals surface area contributed by atoms with Gasteiger partial charge in [0.25, 0.3) is 0 Å². The molecule has 1 atom stereocenters. The fraction of sp³-hybridized carbons (Fsp3) is 0.286. The SMILES string of the molecule is Cc1cc(NC(C)c2ccco2)c(C)cc1O. The highest BCUT2D eigenvalue weighted by atomic mass is 16.3. The minimum atomic E-state index is 0.104. The first-order valence-corrected chi connectivity index (χ1v) is 5.68. The van der Waals surface area contributed by atoms with Gasteiger partial charge < -0.3 is 14.8 Å². The van der Waals surface area contributed by atoms with Crippen molar-refractivity contribution >= 4 is 5.69 Å². The highest BCUT2D eigenvalue weighted by Crippen LogP contribution is 2.28. The number of rotatable bonds is 3. The van der Waals surface area contributed by atoms with Crippen LogP contribution in [0.2, 0.25) is 0 Å². The zero-order valence-corrected chi connectivity index (χ0v) is 10.3. The summed E-state index contributed by atoms with van der Waals surface area (Å²) in [7, 11) is 0. The van der Waals surface area contributed by atoms with Crippen LogP contribution in [0.25, 0.3) is 0 Å². The summed E-state index contributed by atoms with van der Waals surface area (Å²) in [4.78, 5) is 0. The average Bonchev–Trinajstić information content (AvgIpc) is 2.79. The topological polar surface area (TPSA) is 45.4 Å². The van der Waals surface area contributed by atoms with Gasteiger partial charge >= 0.3 is 0 Å². The van der Waals surface area contributed by atoms with E-state index in [1.165, 1.54) is 0 Å². The Morgan fingerprint density at radius 3 is 2.65 bits per heavy atom. The maximum absolute atomic E-state index is 9.60. The summed E-state index contributed by atoms with van der Waals surface area (Å²) in [5.41, 5.74) is 2.90. The van der Waals surface area contributed by atoms with E-state index in [4.69, 9.17) is 4.42 Å². The van der Waals surface area contributed by atoms with Crippen LogP contribution in [-0.2, 0) is 0 Å². The fourth-order valence-corrected chi connectivity index (χ4v) is 1.80. The molecule has 0 saturated carbocycles. The van der Waals surface area contributed by atoms with Gasteiger partial charge in [0.15, 0.2) is 0 Å². The van der Waals surface area contributed by atoms with Crippen LogP contribution in [-0.4, -0.2) is 5.11 Å². The zero-order valence-electron chi connectivity index (χ0n) is 10.3. The molecular weight excluding hydrogens is 214 g/mol. The first-order chi connectivity index (χ1) is 8.08. The van der Waals surface area contributed by atoms with E-state index in [0.717, 1.165) is 22.6 Å². The summed E-state index contributed by atoms with van der Waals surface area (Å²) in [6.07, 6.45) is 1.67. The second kappa shape index (κ2) is 4.53. The molecule has 0 spiro atoms. The number of hydrogen-bond acceptors (Lipinski definition) is 3. The number of aromatic hydroxyl groups is 1. The Hall–Kier alpha value is -1.90. The molecule has 0 bridgehead atoms. The molecule has 3 nitrogen and oxygen atoms in total. The summed E-state index contributed by atoms with van der Waals surface area (Å²) in [6.45, 7) is 5.90. The molecule has 0 radical (unpaired) electrons. The van der Waals surface area contributed by atoms with Crippen molar-refractivity contribution in [3.05, 3.63) is 47.4 Å². The van der Waals surface area contributed by atoms with Crippen LogP contribution in [0.1, 0.15) is 29.9 Å². The molecule has 0 aliphatic heterocycles. The molecule has 0 amide bonds. The predicted molar refractivity (Wildman–Crippen MR) is 68.3 cm³/mol. The Kier molecular flexibility index (Phi) is 3.09. The van der Waals surface area contributed by atoms with E-state index >= 15 is 0 Å². The first kappa shape index (κ1) is 11.6. The van der Waals surface area contributed by atoms with E-state index in [1.807, 2.05) is 39.0 Å². The first-order valence-electron chi connectivity index (χ1n) is 5.68. The molecule has 2 aromatic rings. The molecule has 2 N–H and O–H groups in total. The van der Waals surface area contributed by atoms with Crippen molar-refractivity contribution < 1.29 is 9.52 Å². The highest BCUT2D eigenvalue weighted by Gasteiger charge is 2.10. The number of hydrogen-bond donors (Lipinski definition) is 2. The standard InChI is InChI=1S/C14H17NO2/c1-9-8-13(16)10(2)7-12(9)15-11(3)14-5-4-6-17-14/h4-8,11,15-16H,1-3H3. The third-order valence-corrected chi connectivity index (χ3v) is 2.88. The largest absolute Gasteiger partial charge is 0.508 e. The lowest BCUT2D eigenvalue weighted by Gasteiger charge is -2.16. The number of phenolic OH excluding ortho intramolecular Hbond substituents is 1. The minimum absolute atomic E-state index is 0.104. The lowest BCUT2D eigenvalue weighted by Crippen LogP contribution is -2.06. The summed E-state index contributed by atoms with van der Waals surface area (Å²) in [6, 6.07) is 7.65. The molecule has 1 aromatic heterocycles. The van der Waals surface area contributed by atoms with Crippen LogP contribution >= 0.6 is 0 Å². The lowest BCUT2D eigenvalue weighted by molar-refractivity contribution is 0.470. The van der Waals surface area contributed by atoms with Gasteiger partial charge in [-0.25, -0.2) is 0 Å². The van der Waals surface area contributed by atoms with Crippen molar-refractivity contribution in [2.75, 3.05) is 5.32 Å². The van der Waals surface area contributed by atoms with Gasteiger partial charge in [0.1, 0.15) is 11.5 Å². The Bertz CT molecular complexity index is 503. The van der Waals surface area contributed by atoms with Gasteiger partial charge in [-0.1, -0.05) is 0 Å². The summed E-state index contributed by atoms with van der Waals surface area (Å²) >= 11 is 0. The van der Waals surface area contributed by atoms with Crippen LogP contribution < -0.4 is 5.32 Å². The highest BCUT2D eigenvalue weighted by molar-refractivity contribution is 5.57. The molecule has 17 heavy (non-hydrogen) atoms. The molecule has 90 valence electrons. The van der Waals surface area contributed by atoms with Gasteiger partial charge in [-0.2, -0.15) is 0 Å². The molecule has 1 aromatic carbocycles. The maximum Gasteiger partial charge on any atom is 0.125 e. The Morgan fingerprint density at radius 1 is 1.24 bits per heavy atom. The van der Waals surface area contributed by atoms with Crippen molar-refractivity contribution in [1.29, 1.82) is 0 Å². The third-order valence-electron chi connectivity index (χ3n) is 2.88. The molecule has 0 aliphatic rings. The maximum atomic E-state index is 9.60. The number of benzene rings is 1. The Balaban J connectivity index is 2.22.